The summed E-state index contributed by atoms with van der Waals surface area (Å²) in [5.74, 6) is 0.265. The first-order valence-electron chi connectivity index (χ1n) is 9.74. The van der Waals surface area contributed by atoms with Crippen molar-refractivity contribution in [2.45, 2.75) is 19.8 Å². The molecule has 5 nitrogen and oxygen atoms in total. The van der Waals surface area contributed by atoms with Crippen LogP contribution in [0.5, 0.6) is 5.75 Å². The first-order chi connectivity index (χ1) is 14.6. The van der Waals surface area contributed by atoms with E-state index in [9.17, 15) is 9.59 Å². The third-order valence-electron chi connectivity index (χ3n) is 4.40. The van der Waals surface area contributed by atoms with Gasteiger partial charge in [0.05, 0.1) is 24.5 Å². The molecule has 3 rings (SSSR count). The summed E-state index contributed by atoms with van der Waals surface area (Å²) in [7, 11) is 0. The van der Waals surface area contributed by atoms with Crippen LogP contribution in [0.1, 0.15) is 24.5 Å². The number of rotatable bonds is 9. The van der Waals surface area contributed by atoms with E-state index in [0.717, 1.165) is 17.7 Å². The second-order valence-electron chi connectivity index (χ2n) is 6.54. The van der Waals surface area contributed by atoms with Crippen molar-refractivity contribution in [3.63, 3.8) is 0 Å². The van der Waals surface area contributed by atoms with Crippen molar-refractivity contribution in [2.75, 3.05) is 19.8 Å². The van der Waals surface area contributed by atoms with Crippen molar-refractivity contribution in [3.8, 4) is 5.75 Å². The van der Waals surface area contributed by atoms with Gasteiger partial charge in [0, 0.05) is 13.0 Å². The molecule has 0 atom stereocenters. The van der Waals surface area contributed by atoms with Gasteiger partial charge in [0.25, 0.3) is 5.91 Å². The standard InChI is InChI=1S/C23H23NO4S2/c1-2-27-21(25)12-14-24-22(26)20(30-23(24)29)16-18-8-10-19(11-9-18)28-15-13-17-6-4-3-5-7-17/h3-11,16H,2,12-15H2,1H3/b20-16-. The molecule has 0 unspecified atom stereocenters. The number of thioether (sulfide) groups is 1. The van der Waals surface area contributed by atoms with Crippen molar-refractivity contribution in [2.24, 2.45) is 0 Å². The molecule has 156 valence electrons. The van der Waals surface area contributed by atoms with E-state index in [0.29, 0.717) is 22.4 Å². The molecule has 0 bridgehead atoms. The number of carbonyl (C=O) groups excluding carboxylic acids is 2. The zero-order valence-electron chi connectivity index (χ0n) is 16.7. The highest BCUT2D eigenvalue weighted by molar-refractivity contribution is 8.26. The lowest BCUT2D eigenvalue weighted by Gasteiger charge is -2.13. The number of amides is 1. The zero-order valence-corrected chi connectivity index (χ0v) is 18.3. The average Bonchev–Trinajstić information content (AvgIpc) is 3.01. The lowest BCUT2D eigenvalue weighted by Crippen LogP contribution is -2.30. The minimum absolute atomic E-state index is 0.128. The smallest absolute Gasteiger partial charge is 0.307 e. The SMILES string of the molecule is CCOC(=O)CCN1C(=O)/C(=C/c2ccc(OCCc3ccccc3)cc2)SC1=S. The quantitative estimate of drug-likeness (QED) is 0.325. The maximum Gasteiger partial charge on any atom is 0.307 e. The summed E-state index contributed by atoms with van der Waals surface area (Å²) in [6.45, 7) is 2.90. The zero-order chi connectivity index (χ0) is 21.3. The van der Waals surface area contributed by atoms with Crippen LogP contribution in [0, 0.1) is 0 Å². The van der Waals surface area contributed by atoms with Gasteiger partial charge in [0.15, 0.2) is 0 Å². The van der Waals surface area contributed by atoms with Crippen LogP contribution in [0.2, 0.25) is 0 Å². The van der Waals surface area contributed by atoms with E-state index in [1.807, 2.05) is 42.5 Å². The Labute approximate surface area is 186 Å². The number of thiocarbonyl (C=S) groups is 1. The molecular weight excluding hydrogens is 418 g/mol. The minimum Gasteiger partial charge on any atom is -0.493 e. The first kappa shape index (κ1) is 22.1. The normalized spacial score (nSPS) is 15.0. The molecule has 1 saturated heterocycles. The fourth-order valence-electron chi connectivity index (χ4n) is 2.87. The predicted molar refractivity (Wildman–Crippen MR) is 123 cm³/mol. The van der Waals surface area contributed by atoms with Gasteiger partial charge in [-0.05, 0) is 36.3 Å². The summed E-state index contributed by atoms with van der Waals surface area (Å²) in [6, 6.07) is 17.8. The molecule has 2 aromatic rings. The van der Waals surface area contributed by atoms with Gasteiger partial charge < -0.3 is 9.47 Å². The predicted octanol–water partition coefficient (Wildman–Crippen LogP) is 4.46. The Balaban J connectivity index is 1.54. The van der Waals surface area contributed by atoms with E-state index in [1.165, 1.54) is 22.2 Å². The van der Waals surface area contributed by atoms with Gasteiger partial charge in [-0.25, -0.2) is 0 Å². The monoisotopic (exact) mass is 441 g/mol. The fourth-order valence-corrected chi connectivity index (χ4v) is 4.18. The molecule has 0 saturated carbocycles. The maximum absolute atomic E-state index is 12.6. The fraction of sp³-hybridized carbons (Fsp3) is 0.261. The second-order valence-corrected chi connectivity index (χ2v) is 8.22. The van der Waals surface area contributed by atoms with Crippen molar-refractivity contribution < 1.29 is 19.1 Å². The van der Waals surface area contributed by atoms with Crippen LogP contribution >= 0.6 is 24.0 Å². The molecule has 1 amide bonds. The van der Waals surface area contributed by atoms with Crippen molar-refractivity contribution in [3.05, 3.63) is 70.6 Å². The Morgan fingerprint density at radius 1 is 1.13 bits per heavy atom. The molecule has 30 heavy (non-hydrogen) atoms. The summed E-state index contributed by atoms with van der Waals surface area (Å²) in [5, 5.41) is 0. The number of carbonyl (C=O) groups is 2. The minimum atomic E-state index is -0.335. The average molecular weight is 442 g/mol. The van der Waals surface area contributed by atoms with E-state index in [2.05, 4.69) is 12.1 Å². The largest absolute Gasteiger partial charge is 0.493 e. The van der Waals surface area contributed by atoms with E-state index >= 15 is 0 Å². The van der Waals surface area contributed by atoms with Crippen molar-refractivity contribution >= 4 is 46.3 Å². The van der Waals surface area contributed by atoms with Crippen molar-refractivity contribution in [1.82, 2.24) is 4.90 Å². The number of hydrogen-bond donors (Lipinski definition) is 0. The van der Waals surface area contributed by atoms with Crippen LogP contribution in [0.25, 0.3) is 6.08 Å². The van der Waals surface area contributed by atoms with Gasteiger partial charge in [-0.2, -0.15) is 0 Å². The molecule has 0 aromatic heterocycles. The summed E-state index contributed by atoms with van der Waals surface area (Å²) >= 11 is 6.53. The molecule has 2 aromatic carbocycles. The third kappa shape index (κ3) is 6.18. The Hall–Kier alpha value is -2.64. The molecule has 0 N–H and O–H groups in total. The summed E-state index contributed by atoms with van der Waals surface area (Å²) in [6.07, 6.45) is 2.77. The maximum atomic E-state index is 12.6. The van der Waals surface area contributed by atoms with Crippen LogP contribution < -0.4 is 4.74 Å². The van der Waals surface area contributed by atoms with E-state index in [1.54, 1.807) is 13.0 Å². The van der Waals surface area contributed by atoms with Crippen LogP contribution in [0.15, 0.2) is 59.5 Å². The summed E-state index contributed by atoms with van der Waals surface area (Å²) in [5.41, 5.74) is 2.12. The second kappa shape index (κ2) is 10.9. The Morgan fingerprint density at radius 3 is 2.57 bits per heavy atom. The Morgan fingerprint density at radius 2 is 1.87 bits per heavy atom. The highest BCUT2D eigenvalue weighted by Crippen LogP contribution is 2.32. The Kier molecular flexibility index (Phi) is 8.04. The number of ether oxygens (including phenoxy) is 2. The van der Waals surface area contributed by atoms with Crippen LogP contribution in [-0.2, 0) is 20.7 Å². The molecule has 1 aliphatic heterocycles. The van der Waals surface area contributed by atoms with Gasteiger partial charge in [-0.15, -0.1) is 0 Å². The molecule has 1 aliphatic rings. The summed E-state index contributed by atoms with van der Waals surface area (Å²) in [4.78, 5) is 26.1. The molecule has 0 radical (unpaired) electrons. The van der Waals surface area contributed by atoms with Gasteiger partial charge in [0.2, 0.25) is 0 Å². The first-order valence-corrected chi connectivity index (χ1v) is 11.0. The highest BCUT2D eigenvalue weighted by atomic mass is 32.2. The van der Waals surface area contributed by atoms with Crippen LogP contribution in [0.3, 0.4) is 0 Å². The number of hydrogen-bond acceptors (Lipinski definition) is 6. The van der Waals surface area contributed by atoms with E-state index in [-0.39, 0.29) is 24.8 Å². The van der Waals surface area contributed by atoms with Gasteiger partial charge in [-0.1, -0.05) is 66.4 Å². The topological polar surface area (TPSA) is 55.8 Å². The van der Waals surface area contributed by atoms with Crippen LogP contribution in [0.4, 0.5) is 0 Å². The number of esters is 1. The molecule has 1 heterocycles. The Bertz CT molecular complexity index is 926. The van der Waals surface area contributed by atoms with Gasteiger partial charge >= 0.3 is 5.97 Å². The van der Waals surface area contributed by atoms with E-state index in [4.69, 9.17) is 21.7 Å². The van der Waals surface area contributed by atoms with Crippen molar-refractivity contribution in [1.29, 1.82) is 0 Å². The number of benzene rings is 2. The lowest BCUT2D eigenvalue weighted by molar-refractivity contribution is -0.143. The van der Waals surface area contributed by atoms with Crippen LogP contribution in [-0.4, -0.2) is 40.9 Å². The molecule has 0 spiro atoms. The molecule has 0 aliphatic carbocycles. The van der Waals surface area contributed by atoms with Gasteiger partial charge in [-0.3, -0.25) is 14.5 Å². The molecular formula is C23H23NO4S2. The summed E-state index contributed by atoms with van der Waals surface area (Å²) < 4.78 is 11.2. The third-order valence-corrected chi connectivity index (χ3v) is 5.78. The highest BCUT2D eigenvalue weighted by Gasteiger charge is 2.32. The van der Waals surface area contributed by atoms with Gasteiger partial charge in [0.1, 0.15) is 10.1 Å². The number of nitrogens with zero attached hydrogens (tertiary/aromatic N) is 1. The molecule has 7 heteroatoms. The molecule has 1 fully saturated rings. The lowest BCUT2D eigenvalue weighted by atomic mass is 10.2. The van der Waals surface area contributed by atoms with E-state index < -0.39 is 0 Å².